The molecule has 2 aromatic rings. The molecule has 0 bridgehead atoms. The molecule has 0 aromatic heterocycles. The molecule has 0 unspecified atom stereocenters. The van der Waals surface area contributed by atoms with E-state index < -0.39 is 34.8 Å². The van der Waals surface area contributed by atoms with Gasteiger partial charge in [0.2, 0.25) is 0 Å². The van der Waals surface area contributed by atoms with E-state index in [1.807, 2.05) is 0 Å². The van der Waals surface area contributed by atoms with Crippen molar-refractivity contribution in [2.45, 2.75) is 6.92 Å². The molecule has 0 fully saturated rings. The number of halogens is 3. The molecule has 4 nitrogen and oxygen atoms in total. The van der Waals surface area contributed by atoms with Crippen LogP contribution >= 0.6 is 0 Å². The molecule has 7 heteroatoms. The first-order valence-corrected chi connectivity index (χ1v) is 7.16. The van der Waals surface area contributed by atoms with Gasteiger partial charge in [0.15, 0.2) is 0 Å². The molecular weight excluding hydrogens is 321 g/mol. The van der Waals surface area contributed by atoms with Gasteiger partial charge in [-0.25, -0.2) is 13.2 Å². The summed E-state index contributed by atoms with van der Waals surface area (Å²) in [5.41, 5.74) is 0.165. The van der Waals surface area contributed by atoms with Crippen LogP contribution in [0.2, 0.25) is 0 Å². The second-order valence-electron chi connectivity index (χ2n) is 5.10. The Labute approximate surface area is 136 Å². The van der Waals surface area contributed by atoms with Crippen molar-refractivity contribution in [3.63, 3.8) is 0 Å². The van der Waals surface area contributed by atoms with Gasteiger partial charge in [0.25, 0.3) is 11.8 Å². The molecule has 0 heterocycles. The van der Waals surface area contributed by atoms with Gasteiger partial charge < -0.3 is 10.6 Å². The van der Waals surface area contributed by atoms with Gasteiger partial charge in [0.05, 0.1) is 5.56 Å². The number of hydrogen-bond donors (Lipinski definition) is 2. The van der Waals surface area contributed by atoms with Crippen molar-refractivity contribution < 1.29 is 22.8 Å². The molecule has 2 aromatic carbocycles. The zero-order chi connectivity index (χ0) is 17.7. The van der Waals surface area contributed by atoms with Crippen LogP contribution in [-0.4, -0.2) is 24.9 Å². The topological polar surface area (TPSA) is 58.2 Å². The van der Waals surface area contributed by atoms with Gasteiger partial charge in [0.1, 0.15) is 17.5 Å². The SMILES string of the molecule is Cc1ccc(C(=O)NCCNC(=O)c2cc(F)ccc2F)cc1F. The predicted octanol–water partition coefficient (Wildman–Crippen LogP) is 2.57. The van der Waals surface area contributed by atoms with Crippen LogP contribution in [-0.2, 0) is 0 Å². The lowest BCUT2D eigenvalue weighted by Gasteiger charge is -2.08. The molecular formula is C17H15F3N2O2. The van der Waals surface area contributed by atoms with E-state index in [2.05, 4.69) is 10.6 Å². The van der Waals surface area contributed by atoms with E-state index in [0.717, 1.165) is 24.3 Å². The van der Waals surface area contributed by atoms with E-state index in [0.29, 0.717) is 5.56 Å². The Kier molecular flexibility index (Phi) is 5.57. The van der Waals surface area contributed by atoms with Gasteiger partial charge in [0, 0.05) is 18.7 Å². The Morgan fingerprint density at radius 3 is 2.21 bits per heavy atom. The molecule has 2 amide bonds. The molecule has 2 rings (SSSR count). The third-order valence-electron chi connectivity index (χ3n) is 3.30. The lowest BCUT2D eigenvalue weighted by Crippen LogP contribution is -2.35. The van der Waals surface area contributed by atoms with Crippen LogP contribution < -0.4 is 10.6 Å². The van der Waals surface area contributed by atoms with E-state index in [9.17, 15) is 22.8 Å². The molecule has 0 aliphatic heterocycles. The summed E-state index contributed by atoms with van der Waals surface area (Å²) in [6, 6.07) is 6.64. The van der Waals surface area contributed by atoms with Crippen LogP contribution in [0.5, 0.6) is 0 Å². The number of rotatable bonds is 5. The summed E-state index contributed by atoms with van der Waals surface area (Å²) in [5.74, 6) is -3.34. The highest BCUT2D eigenvalue weighted by Gasteiger charge is 2.12. The summed E-state index contributed by atoms with van der Waals surface area (Å²) in [6.45, 7) is 1.64. The largest absolute Gasteiger partial charge is 0.350 e. The minimum atomic E-state index is -0.840. The van der Waals surface area contributed by atoms with E-state index in [1.165, 1.54) is 12.1 Å². The fourth-order valence-electron chi connectivity index (χ4n) is 1.95. The van der Waals surface area contributed by atoms with E-state index in [-0.39, 0.29) is 18.7 Å². The number of hydrogen-bond acceptors (Lipinski definition) is 2. The summed E-state index contributed by atoms with van der Waals surface area (Å²) >= 11 is 0. The summed E-state index contributed by atoms with van der Waals surface area (Å²) in [7, 11) is 0. The van der Waals surface area contributed by atoms with Crippen molar-refractivity contribution in [2.24, 2.45) is 0 Å². The van der Waals surface area contributed by atoms with Crippen molar-refractivity contribution in [1.82, 2.24) is 10.6 Å². The zero-order valence-corrected chi connectivity index (χ0v) is 12.8. The monoisotopic (exact) mass is 336 g/mol. The second-order valence-corrected chi connectivity index (χ2v) is 5.10. The van der Waals surface area contributed by atoms with Gasteiger partial charge in [-0.2, -0.15) is 0 Å². The summed E-state index contributed by atoms with van der Waals surface area (Å²) in [6.07, 6.45) is 0. The number of carbonyl (C=O) groups excluding carboxylic acids is 2. The Balaban J connectivity index is 1.84. The molecule has 0 saturated heterocycles. The maximum atomic E-state index is 13.4. The average Bonchev–Trinajstić information content (AvgIpc) is 2.55. The number of benzene rings is 2. The molecule has 24 heavy (non-hydrogen) atoms. The minimum absolute atomic E-state index is 0.00880. The third kappa shape index (κ3) is 4.34. The Hall–Kier alpha value is -2.83. The van der Waals surface area contributed by atoms with Crippen molar-refractivity contribution >= 4 is 11.8 Å². The summed E-state index contributed by atoms with van der Waals surface area (Å²) < 4.78 is 39.8. The Bertz CT molecular complexity index is 778. The summed E-state index contributed by atoms with van der Waals surface area (Å²) in [4.78, 5) is 23.6. The van der Waals surface area contributed by atoms with Gasteiger partial charge in [-0.3, -0.25) is 9.59 Å². The first kappa shape index (κ1) is 17.5. The number of aryl methyl sites for hydroxylation is 1. The third-order valence-corrected chi connectivity index (χ3v) is 3.30. The quantitative estimate of drug-likeness (QED) is 0.825. The molecule has 0 saturated carbocycles. The fourth-order valence-corrected chi connectivity index (χ4v) is 1.95. The number of carbonyl (C=O) groups is 2. The van der Waals surface area contributed by atoms with Crippen LogP contribution in [0.3, 0.4) is 0 Å². The highest BCUT2D eigenvalue weighted by atomic mass is 19.1. The Morgan fingerprint density at radius 2 is 1.54 bits per heavy atom. The van der Waals surface area contributed by atoms with Crippen LogP contribution in [0.25, 0.3) is 0 Å². The average molecular weight is 336 g/mol. The zero-order valence-electron chi connectivity index (χ0n) is 12.8. The first-order chi connectivity index (χ1) is 11.4. The molecule has 2 N–H and O–H groups in total. The normalized spacial score (nSPS) is 10.3. The highest BCUT2D eigenvalue weighted by molar-refractivity contribution is 5.95. The minimum Gasteiger partial charge on any atom is -0.350 e. The van der Waals surface area contributed by atoms with E-state index in [4.69, 9.17) is 0 Å². The molecule has 0 spiro atoms. The maximum Gasteiger partial charge on any atom is 0.254 e. The van der Waals surface area contributed by atoms with Crippen molar-refractivity contribution in [3.05, 3.63) is 70.5 Å². The van der Waals surface area contributed by atoms with Crippen LogP contribution in [0.15, 0.2) is 36.4 Å². The molecule has 0 aliphatic carbocycles. The maximum absolute atomic E-state index is 13.4. The Morgan fingerprint density at radius 1 is 0.875 bits per heavy atom. The number of amides is 2. The van der Waals surface area contributed by atoms with Crippen molar-refractivity contribution in [1.29, 1.82) is 0 Å². The fraction of sp³-hybridized carbons (Fsp3) is 0.176. The highest BCUT2D eigenvalue weighted by Crippen LogP contribution is 2.10. The van der Waals surface area contributed by atoms with Gasteiger partial charge in [-0.15, -0.1) is 0 Å². The van der Waals surface area contributed by atoms with Gasteiger partial charge in [-0.05, 0) is 42.8 Å². The molecule has 0 atom stereocenters. The summed E-state index contributed by atoms with van der Waals surface area (Å²) in [5, 5.41) is 4.85. The van der Waals surface area contributed by atoms with Crippen LogP contribution in [0.4, 0.5) is 13.2 Å². The molecule has 0 radical (unpaired) electrons. The van der Waals surface area contributed by atoms with Gasteiger partial charge in [-0.1, -0.05) is 6.07 Å². The first-order valence-electron chi connectivity index (χ1n) is 7.16. The van der Waals surface area contributed by atoms with Crippen molar-refractivity contribution in [3.8, 4) is 0 Å². The van der Waals surface area contributed by atoms with E-state index >= 15 is 0 Å². The van der Waals surface area contributed by atoms with E-state index in [1.54, 1.807) is 6.92 Å². The predicted molar refractivity (Wildman–Crippen MR) is 82.2 cm³/mol. The standard InChI is InChI=1S/C17H15F3N2O2/c1-10-2-3-11(8-15(10)20)16(23)21-6-7-22-17(24)13-9-12(18)4-5-14(13)19/h2-5,8-9H,6-7H2,1H3,(H,21,23)(H,22,24). The smallest absolute Gasteiger partial charge is 0.254 e. The number of nitrogens with one attached hydrogen (secondary N) is 2. The molecule has 126 valence electrons. The van der Waals surface area contributed by atoms with Crippen LogP contribution in [0.1, 0.15) is 26.3 Å². The second kappa shape index (κ2) is 7.63. The lowest BCUT2D eigenvalue weighted by atomic mass is 10.1. The lowest BCUT2D eigenvalue weighted by molar-refractivity contribution is 0.0925. The van der Waals surface area contributed by atoms with Crippen LogP contribution in [0, 0.1) is 24.4 Å². The van der Waals surface area contributed by atoms with Crippen molar-refractivity contribution in [2.75, 3.05) is 13.1 Å². The molecule has 0 aliphatic rings. The van der Waals surface area contributed by atoms with Gasteiger partial charge >= 0.3 is 0 Å².